The molecular formula is C40H52N2. The molecule has 0 radical (unpaired) electrons. The summed E-state index contributed by atoms with van der Waals surface area (Å²) in [6, 6.07) is 31.2. The number of anilines is 2. The lowest BCUT2D eigenvalue weighted by Crippen LogP contribution is -2.09. The van der Waals surface area contributed by atoms with Crippen molar-refractivity contribution < 1.29 is 0 Å². The molecule has 0 amide bonds. The van der Waals surface area contributed by atoms with Crippen LogP contribution in [-0.2, 0) is 25.7 Å². The molecular weight excluding hydrogens is 508 g/mol. The van der Waals surface area contributed by atoms with E-state index < -0.39 is 0 Å². The molecule has 4 aromatic carbocycles. The summed E-state index contributed by atoms with van der Waals surface area (Å²) in [6.07, 6.45) is 15.0. The highest BCUT2D eigenvalue weighted by molar-refractivity contribution is 5.46. The first-order chi connectivity index (χ1) is 20.4. The van der Waals surface area contributed by atoms with Gasteiger partial charge >= 0.3 is 0 Å². The average molecular weight is 561 g/mol. The molecule has 0 aliphatic carbocycles. The first-order valence-electron chi connectivity index (χ1n) is 16.2. The highest BCUT2D eigenvalue weighted by Crippen LogP contribution is 2.24. The van der Waals surface area contributed by atoms with Crippen molar-refractivity contribution >= 4 is 11.4 Å². The van der Waals surface area contributed by atoms with Crippen LogP contribution < -0.4 is 11.5 Å². The Bertz CT molecular complexity index is 1270. The average Bonchev–Trinajstić information content (AvgIpc) is 2.97. The minimum atomic E-state index is 0.663. The van der Waals surface area contributed by atoms with E-state index in [4.69, 9.17) is 11.5 Å². The molecule has 42 heavy (non-hydrogen) atoms. The third kappa shape index (κ3) is 10.1. The van der Waals surface area contributed by atoms with Gasteiger partial charge in [-0.25, -0.2) is 0 Å². The molecule has 0 unspecified atom stereocenters. The summed E-state index contributed by atoms with van der Waals surface area (Å²) < 4.78 is 0. The van der Waals surface area contributed by atoms with Crippen LogP contribution in [0.1, 0.15) is 103 Å². The lowest BCUT2D eigenvalue weighted by Gasteiger charge is -2.18. The Hall–Kier alpha value is -3.52. The summed E-state index contributed by atoms with van der Waals surface area (Å²) in [5, 5.41) is 0. The quantitative estimate of drug-likeness (QED) is 0.106. The largest absolute Gasteiger partial charge is 0.399 e. The maximum atomic E-state index is 5.96. The predicted molar refractivity (Wildman–Crippen MR) is 183 cm³/mol. The molecule has 0 spiro atoms. The van der Waals surface area contributed by atoms with E-state index >= 15 is 0 Å². The minimum absolute atomic E-state index is 0.663. The van der Waals surface area contributed by atoms with Gasteiger partial charge in [0.15, 0.2) is 0 Å². The molecule has 4 rings (SSSR count). The summed E-state index contributed by atoms with van der Waals surface area (Å²) in [7, 11) is 0. The van der Waals surface area contributed by atoms with Gasteiger partial charge in [-0.2, -0.15) is 0 Å². The van der Waals surface area contributed by atoms with Gasteiger partial charge in [-0.05, 0) is 121 Å². The van der Waals surface area contributed by atoms with Crippen molar-refractivity contribution in [2.75, 3.05) is 11.5 Å². The predicted octanol–water partition coefficient (Wildman–Crippen LogP) is 10.2. The zero-order valence-electron chi connectivity index (χ0n) is 26.3. The van der Waals surface area contributed by atoms with Crippen molar-refractivity contribution in [3.05, 3.63) is 129 Å². The lowest BCUT2D eigenvalue weighted by molar-refractivity contribution is 0.445. The number of benzene rings is 4. The van der Waals surface area contributed by atoms with Crippen LogP contribution in [-0.4, -0.2) is 0 Å². The fourth-order valence-electron chi connectivity index (χ4n) is 6.19. The van der Waals surface area contributed by atoms with Crippen molar-refractivity contribution in [2.45, 2.75) is 97.8 Å². The Morgan fingerprint density at radius 1 is 0.500 bits per heavy atom. The monoisotopic (exact) mass is 560 g/mol. The minimum Gasteiger partial charge on any atom is -0.399 e. The van der Waals surface area contributed by atoms with Crippen LogP contribution in [0.4, 0.5) is 11.4 Å². The van der Waals surface area contributed by atoms with E-state index in [0.717, 1.165) is 37.1 Å². The Kier molecular flexibility index (Phi) is 12.1. The third-order valence-corrected chi connectivity index (χ3v) is 8.83. The van der Waals surface area contributed by atoms with Gasteiger partial charge in [-0.3, -0.25) is 0 Å². The van der Waals surface area contributed by atoms with Crippen LogP contribution in [0.2, 0.25) is 0 Å². The highest BCUT2D eigenvalue weighted by Gasteiger charge is 2.12. The Morgan fingerprint density at radius 3 is 1.33 bits per heavy atom. The van der Waals surface area contributed by atoms with Crippen LogP contribution in [0.5, 0.6) is 0 Å². The van der Waals surface area contributed by atoms with Gasteiger partial charge in [0.25, 0.3) is 0 Å². The third-order valence-electron chi connectivity index (χ3n) is 8.83. The molecule has 2 heteroatoms. The van der Waals surface area contributed by atoms with Gasteiger partial charge in [-0.1, -0.05) is 113 Å². The normalized spacial score (nSPS) is 11.3. The van der Waals surface area contributed by atoms with Crippen LogP contribution in [0.3, 0.4) is 0 Å². The maximum absolute atomic E-state index is 5.96. The van der Waals surface area contributed by atoms with Crippen molar-refractivity contribution in [1.82, 2.24) is 0 Å². The van der Waals surface area contributed by atoms with Gasteiger partial charge in [0.2, 0.25) is 0 Å². The zero-order valence-corrected chi connectivity index (χ0v) is 26.3. The van der Waals surface area contributed by atoms with Gasteiger partial charge in [0, 0.05) is 11.4 Å². The number of nitrogens with two attached hydrogens (primary N) is 2. The van der Waals surface area contributed by atoms with Crippen LogP contribution in [0.25, 0.3) is 0 Å². The second-order valence-corrected chi connectivity index (χ2v) is 12.5. The highest BCUT2D eigenvalue weighted by atomic mass is 14.5. The summed E-state index contributed by atoms with van der Waals surface area (Å²) in [4.78, 5) is 0. The molecule has 4 aromatic rings. The van der Waals surface area contributed by atoms with E-state index in [1.165, 1.54) is 95.9 Å². The molecule has 2 nitrogen and oxygen atoms in total. The zero-order chi connectivity index (χ0) is 29.7. The second-order valence-electron chi connectivity index (χ2n) is 12.5. The summed E-state index contributed by atoms with van der Waals surface area (Å²) in [5.74, 6) is 0.663. The van der Waals surface area contributed by atoms with E-state index in [-0.39, 0.29) is 0 Å². The Labute approximate surface area is 255 Å². The van der Waals surface area contributed by atoms with Crippen molar-refractivity contribution in [3.8, 4) is 0 Å². The second kappa shape index (κ2) is 16.2. The smallest absolute Gasteiger partial charge is 0.0316 e. The number of nitrogen functional groups attached to an aromatic ring is 2. The molecule has 0 aliphatic rings. The Balaban J connectivity index is 1.37. The van der Waals surface area contributed by atoms with Crippen LogP contribution >= 0.6 is 0 Å². The molecule has 0 fully saturated rings. The number of hydrogen-bond acceptors (Lipinski definition) is 2. The molecule has 4 N–H and O–H groups in total. The van der Waals surface area contributed by atoms with E-state index in [1.807, 2.05) is 12.1 Å². The molecule has 0 atom stereocenters. The molecule has 0 aliphatic heterocycles. The molecule has 0 saturated carbocycles. The Morgan fingerprint density at radius 2 is 0.905 bits per heavy atom. The van der Waals surface area contributed by atoms with Crippen molar-refractivity contribution in [3.63, 3.8) is 0 Å². The molecule has 0 aromatic heterocycles. The maximum Gasteiger partial charge on any atom is 0.0316 e. The first-order valence-corrected chi connectivity index (χ1v) is 16.2. The topological polar surface area (TPSA) is 52.0 Å². The van der Waals surface area contributed by atoms with Crippen LogP contribution in [0.15, 0.2) is 84.9 Å². The van der Waals surface area contributed by atoms with E-state index in [2.05, 4.69) is 93.6 Å². The summed E-state index contributed by atoms with van der Waals surface area (Å²) in [6.45, 7) is 6.60. The van der Waals surface area contributed by atoms with E-state index in [1.54, 1.807) is 0 Å². The van der Waals surface area contributed by atoms with Gasteiger partial charge in [0.1, 0.15) is 0 Å². The molecule has 0 heterocycles. The fraction of sp³-hybridized carbons (Fsp3) is 0.400. The number of rotatable bonds is 16. The molecule has 0 bridgehead atoms. The summed E-state index contributed by atoms with van der Waals surface area (Å²) >= 11 is 0. The molecule has 222 valence electrons. The van der Waals surface area contributed by atoms with Crippen LogP contribution in [0, 0.1) is 19.8 Å². The fourth-order valence-corrected chi connectivity index (χ4v) is 6.19. The first kappa shape index (κ1) is 31.4. The van der Waals surface area contributed by atoms with Crippen molar-refractivity contribution in [2.24, 2.45) is 5.92 Å². The van der Waals surface area contributed by atoms with E-state index in [9.17, 15) is 0 Å². The number of aryl methyl sites for hydroxylation is 2. The standard InChI is InChI=1S/C40H52N2/c1-4-5-6-7-8-9-10-11-36(26-32-12-16-34(17-13-32)28-37-20-22-39(41)24-30(37)2)27-33-14-18-35(19-15-33)29-38-21-23-40(42)25-31(38)3/h12-25,36H,4-11,26-29,41-42H2,1-3H3. The van der Waals surface area contributed by atoms with Gasteiger partial charge in [0.05, 0.1) is 0 Å². The lowest BCUT2D eigenvalue weighted by atomic mass is 9.87. The number of unbranched alkanes of at least 4 members (excludes halogenated alkanes) is 6. The number of hydrogen-bond donors (Lipinski definition) is 2. The van der Waals surface area contributed by atoms with Gasteiger partial charge in [-0.15, -0.1) is 0 Å². The van der Waals surface area contributed by atoms with Gasteiger partial charge < -0.3 is 11.5 Å². The molecule has 0 saturated heterocycles. The summed E-state index contributed by atoms with van der Waals surface area (Å²) in [5.41, 5.74) is 24.5. The van der Waals surface area contributed by atoms with Crippen molar-refractivity contribution in [1.29, 1.82) is 0 Å². The SMILES string of the molecule is CCCCCCCCCC(Cc1ccc(Cc2ccc(N)cc2C)cc1)Cc1ccc(Cc2ccc(N)cc2C)cc1. The van der Waals surface area contributed by atoms with E-state index in [0.29, 0.717) is 5.92 Å².